The van der Waals surface area contributed by atoms with Crippen LogP contribution in [0, 0.1) is 5.92 Å². The lowest BCUT2D eigenvalue weighted by atomic mass is 9.94. The number of hydrogen-bond donors (Lipinski definition) is 2. The molecule has 0 aromatic heterocycles. The molecule has 1 amide bonds. The van der Waals surface area contributed by atoms with Gasteiger partial charge in [0.1, 0.15) is 0 Å². The number of nitrogens with zero attached hydrogens (tertiary/aromatic N) is 1. The molecule has 20 heavy (non-hydrogen) atoms. The van der Waals surface area contributed by atoms with Gasteiger partial charge in [0.15, 0.2) is 0 Å². The number of rotatable bonds is 4. The van der Waals surface area contributed by atoms with E-state index >= 15 is 0 Å². The van der Waals surface area contributed by atoms with Crippen molar-refractivity contribution in [2.75, 3.05) is 33.2 Å². The normalized spacial score (nSPS) is 24.4. The molecule has 0 radical (unpaired) electrons. The number of nitrogens with one attached hydrogen (secondary N) is 2. The Balaban J connectivity index is 0.00000180. The van der Waals surface area contributed by atoms with E-state index in [0.717, 1.165) is 31.8 Å². The quantitative estimate of drug-likeness (QED) is 0.828. The monoisotopic (exact) mass is 325 g/mol. The van der Waals surface area contributed by atoms with E-state index in [0.29, 0.717) is 0 Å². The summed E-state index contributed by atoms with van der Waals surface area (Å²) in [5.41, 5.74) is 0. The minimum Gasteiger partial charge on any atom is -0.355 e. The van der Waals surface area contributed by atoms with Gasteiger partial charge in [-0.1, -0.05) is 6.42 Å². The van der Waals surface area contributed by atoms with Crippen molar-refractivity contribution in [2.24, 2.45) is 5.92 Å². The molecule has 2 saturated heterocycles. The summed E-state index contributed by atoms with van der Waals surface area (Å²) in [7, 11) is 2.19. The van der Waals surface area contributed by atoms with Crippen LogP contribution in [0.5, 0.6) is 0 Å². The Hall–Kier alpha value is -0.0300. The van der Waals surface area contributed by atoms with E-state index in [1.54, 1.807) is 0 Å². The molecule has 0 aliphatic carbocycles. The molecule has 4 nitrogen and oxygen atoms in total. The molecule has 0 bridgehead atoms. The molecule has 1 atom stereocenters. The van der Waals surface area contributed by atoms with Gasteiger partial charge in [0.2, 0.25) is 5.91 Å². The van der Waals surface area contributed by atoms with Crippen LogP contribution in [-0.2, 0) is 4.79 Å². The van der Waals surface area contributed by atoms with Crippen LogP contribution < -0.4 is 10.6 Å². The minimum atomic E-state index is 0. The number of hydrogen-bond acceptors (Lipinski definition) is 3. The fourth-order valence-electron chi connectivity index (χ4n) is 2.95. The first-order chi connectivity index (χ1) is 8.75. The van der Waals surface area contributed by atoms with Crippen molar-refractivity contribution in [1.82, 2.24) is 15.5 Å². The molecule has 2 heterocycles. The topological polar surface area (TPSA) is 44.4 Å². The van der Waals surface area contributed by atoms with Crippen molar-refractivity contribution >= 4 is 30.7 Å². The van der Waals surface area contributed by atoms with Gasteiger partial charge < -0.3 is 15.5 Å². The van der Waals surface area contributed by atoms with E-state index in [2.05, 4.69) is 22.6 Å². The number of piperidine rings is 2. The van der Waals surface area contributed by atoms with Gasteiger partial charge in [-0.3, -0.25) is 4.79 Å². The second-order valence-corrected chi connectivity index (χ2v) is 5.83. The zero-order chi connectivity index (χ0) is 12.8. The molecule has 0 spiro atoms. The van der Waals surface area contributed by atoms with Crippen molar-refractivity contribution in [3.63, 3.8) is 0 Å². The van der Waals surface area contributed by atoms with Crippen LogP contribution in [0.15, 0.2) is 0 Å². The van der Waals surface area contributed by atoms with Crippen molar-refractivity contribution in [1.29, 1.82) is 0 Å². The number of amides is 1. The lowest BCUT2D eigenvalue weighted by Crippen LogP contribution is -2.47. The lowest BCUT2D eigenvalue weighted by Gasteiger charge is -2.29. The zero-order valence-electron chi connectivity index (χ0n) is 12.4. The fraction of sp³-hybridized carbons (Fsp3) is 0.929. The molecule has 120 valence electrons. The standard InChI is InChI=1S/C14H27N3O.2ClH/c1-17-10-6-12(7-11-17)5-9-16-14(18)13-4-2-3-8-15-13;;/h12-13,15H,2-11H2,1H3,(H,16,18);2*1H/t13-;;/m1../s1. The van der Waals surface area contributed by atoms with Crippen LogP contribution in [0.2, 0.25) is 0 Å². The van der Waals surface area contributed by atoms with E-state index in [1.807, 2.05) is 0 Å². The lowest BCUT2D eigenvalue weighted by molar-refractivity contribution is -0.123. The van der Waals surface area contributed by atoms with Gasteiger partial charge in [-0.25, -0.2) is 0 Å². The average Bonchev–Trinajstić information content (AvgIpc) is 2.42. The van der Waals surface area contributed by atoms with Crippen LogP contribution in [0.25, 0.3) is 0 Å². The van der Waals surface area contributed by atoms with Crippen molar-refractivity contribution < 1.29 is 4.79 Å². The van der Waals surface area contributed by atoms with Gasteiger partial charge in [-0.2, -0.15) is 0 Å². The first-order valence-corrected chi connectivity index (χ1v) is 7.45. The van der Waals surface area contributed by atoms with Crippen LogP contribution in [0.3, 0.4) is 0 Å². The summed E-state index contributed by atoms with van der Waals surface area (Å²) < 4.78 is 0. The molecule has 0 aromatic carbocycles. The van der Waals surface area contributed by atoms with E-state index in [1.165, 1.54) is 38.8 Å². The molecule has 2 fully saturated rings. The van der Waals surface area contributed by atoms with Crippen molar-refractivity contribution in [3.8, 4) is 0 Å². The Kier molecular flexibility index (Phi) is 10.6. The Labute approximate surface area is 135 Å². The van der Waals surface area contributed by atoms with Gasteiger partial charge in [0.05, 0.1) is 6.04 Å². The molecule has 0 saturated carbocycles. The highest BCUT2D eigenvalue weighted by molar-refractivity contribution is 5.85. The van der Waals surface area contributed by atoms with Crippen molar-refractivity contribution in [3.05, 3.63) is 0 Å². The Bertz CT molecular complexity index is 265. The molecule has 2 aliphatic heterocycles. The van der Waals surface area contributed by atoms with Gasteiger partial charge in [0, 0.05) is 6.54 Å². The summed E-state index contributed by atoms with van der Waals surface area (Å²) in [5, 5.41) is 6.39. The molecular formula is C14H29Cl2N3O. The second-order valence-electron chi connectivity index (χ2n) is 5.83. The van der Waals surface area contributed by atoms with Gasteiger partial charge in [-0.05, 0) is 64.7 Å². The van der Waals surface area contributed by atoms with E-state index < -0.39 is 0 Å². The minimum absolute atomic E-state index is 0. The Morgan fingerprint density at radius 1 is 1.20 bits per heavy atom. The SMILES string of the molecule is CN1CCC(CCNC(=O)[C@H]2CCCCN2)CC1.Cl.Cl. The summed E-state index contributed by atoms with van der Waals surface area (Å²) in [5.74, 6) is 1.02. The molecule has 2 rings (SSSR count). The Morgan fingerprint density at radius 2 is 1.90 bits per heavy atom. The maximum atomic E-state index is 11.9. The van der Waals surface area contributed by atoms with Crippen molar-refractivity contribution in [2.45, 2.75) is 44.6 Å². The van der Waals surface area contributed by atoms with Crippen LogP contribution >= 0.6 is 24.8 Å². The summed E-state index contributed by atoms with van der Waals surface area (Å²) >= 11 is 0. The maximum absolute atomic E-state index is 11.9. The third-order valence-corrected chi connectivity index (χ3v) is 4.32. The number of carbonyl (C=O) groups is 1. The maximum Gasteiger partial charge on any atom is 0.237 e. The third-order valence-electron chi connectivity index (χ3n) is 4.32. The summed E-state index contributed by atoms with van der Waals surface area (Å²) in [6, 6.07) is 0.0660. The predicted octanol–water partition coefficient (Wildman–Crippen LogP) is 1.82. The first-order valence-electron chi connectivity index (χ1n) is 7.45. The largest absolute Gasteiger partial charge is 0.355 e. The predicted molar refractivity (Wildman–Crippen MR) is 88.0 cm³/mol. The van der Waals surface area contributed by atoms with E-state index in [-0.39, 0.29) is 36.8 Å². The van der Waals surface area contributed by atoms with Crippen LogP contribution in [-0.4, -0.2) is 50.1 Å². The highest BCUT2D eigenvalue weighted by Crippen LogP contribution is 2.18. The molecule has 0 aromatic rings. The molecular weight excluding hydrogens is 297 g/mol. The molecule has 2 aliphatic rings. The van der Waals surface area contributed by atoms with E-state index in [4.69, 9.17) is 0 Å². The number of likely N-dealkylation sites (tertiary alicyclic amines) is 1. The fourth-order valence-corrected chi connectivity index (χ4v) is 2.95. The van der Waals surface area contributed by atoms with Crippen LogP contribution in [0.1, 0.15) is 38.5 Å². The number of halogens is 2. The molecule has 0 unspecified atom stereocenters. The van der Waals surface area contributed by atoms with Gasteiger partial charge in [-0.15, -0.1) is 24.8 Å². The molecule has 2 N–H and O–H groups in total. The summed E-state index contributed by atoms with van der Waals surface area (Å²) in [6.07, 6.45) is 7.11. The highest BCUT2D eigenvalue weighted by atomic mass is 35.5. The average molecular weight is 326 g/mol. The Morgan fingerprint density at radius 3 is 2.50 bits per heavy atom. The van der Waals surface area contributed by atoms with Crippen LogP contribution in [0.4, 0.5) is 0 Å². The van der Waals surface area contributed by atoms with Gasteiger partial charge in [0.25, 0.3) is 0 Å². The highest BCUT2D eigenvalue weighted by Gasteiger charge is 2.21. The number of carbonyl (C=O) groups excluding carboxylic acids is 1. The van der Waals surface area contributed by atoms with Gasteiger partial charge >= 0.3 is 0 Å². The first kappa shape index (κ1) is 20.0. The third kappa shape index (κ3) is 6.61. The summed E-state index contributed by atoms with van der Waals surface area (Å²) in [4.78, 5) is 14.3. The second kappa shape index (κ2) is 10.7. The van der Waals surface area contributed by atoms with E-state index in [9.17, 15) is 4.79 Å². The zero-order valence-corrected chi connectivity index (χ0v) is 14.0. The summed E-state index contributed by atoms with van der Waals surface area (Å²) in [6.45, 7) is 4.27. The molecule has 6 heteroatoms. The smallest absolute Gasteiger partial charge is 0.237 e.